The molecule has 0 bridgehead atoms. The van der Waals surface area contributed by atoms with Gasteiger partial charge in [0.15, 0.2) is 0 Å². The molecular formula is C22H22F3NO3S. The molecular weight excluding hydrogens is 415 g/mol. The molecule has 0 unspecified atom stereocenters. The molecule has 0 aromatic heterocycles. The quantitative estimate of drug-likeness (QED) is 0.619. The molecule has 0 radical (unpaired) electrons. The lowest BCUT2D eigenvalue weighted by molar-refractivity contribution is -0.274. The number of alkyl halides is 3. The third-order valence-corrected chi connectivity index (χ3v) is 7.49. The van der Waals surface area contributed by atoms with Crippen molar-refractivity contribution in [3.05, 3.63) is 77.4 Å². The van der Waals surface area contributed by atoms with Gasteiger partial charge >= 0.3 is 6.36 Å². The molecule has 0 saturated carbocycles. The highest BCUT2D eigenvalue weighted by Gasteiger charge is 2.43. The van der Waals surface area contributed by atoms with E-state index in [9.17, 15) is 21.6 Å². The van der Waals surface area contributed by atoms with Gasteiger partial charge in [-0.3, -0.25) is 0 Å². The largest absolute Gasteiger partial charge is 0.573 e. The summed E-state index contributed by atoms with van der Waals surface area (Å²) in [5, 5.41) is 0. The van der Waals surface area contributed by atoms with Crippen LogP contribution in [0.25, 0.3) is 0 Å². The van der Waals surface area contributed by atoms with Crippen LogP contribution in [0.5, 0.6) is 5.75 Å². The topological polar surface area (TPSA) is 46.6 Å². The van der Waals surface area contributed by atoms with Gasteiger partial charge in [-0.2, -0.15) is 4.31 Å². The van der Waals surface area contributed by atoms with Crippen LogP contribution >= 0.6 is 0 Å². The normalized spacial score (nSPS) is 22.4. The molecule has 4 nitrogen and oxygen atoms in total. The molecule has 30 heavy (non-hydrogen) atoms. The number of hydrogen-bond acceptors (Lipinski definition) is 3. The number of fused-ring (bicyclic) bond motifs is 1. The van der Waals surface area contributed by atoms with Crippen molar-refractivity contribution in [2.45, 2.75) is 43.3 Å². The molecule has 2 aromatic carbocycles. The van der Waals surface area contributed by atoms with Gasteiger partial charge in [0.05, 0.1) is 11.8 Å². The highest BCUT2D eigenvalue weighted by Crippen LogP contribution is 2.43. The molecule has 4 rings (SSSR count). The summed E-state index contributed by atoms with van der Waals surface area (Å²) in [5.41, 5.74) is 2.65. The molecule has 1 aliphatic heterocycles. The summed E-state index contributed by atoms with van der Waals surface area (Å²) in [6, 6.07) is 14.6. The van der Waals surface area contributed by atoms with Crippen molar-refractivity contribution in [1.82, 2.24) is 4.31 Å². The standard InChI is InChI=1S/C22H22F3NO3S/c23-22(24,25)29-19-11-9-17(10-12-19)20-8-4-7-18-13-14-26(21(18)20)30(27,28)15-16-5-2-1-3-6-16/h1-3,5-7,9-12,20-21H,4,8,13-15H2/t20-,21+/m0/s1. The predicted molar refractivity (Wildman–Crippen MR) is 107 cm³/mol. The number of rotatable bonds is 5. The van der Waals surface area contributed by atoms with Crippen LogP contribution in [0.15, 0.2) is 66.2 Å². The van der Waals surface area contributed by atoms with Crippen molar-refractivity contribution < 1.29 is 26.3 Å². The molecule has 2 aliphatic rings. The molecule has 0 spiro atoms. The van der Waals surface area contributed by atoms with Gasteiger partial charge in [0.25, 0.3) is 0 Å². The van der Waals surface area contributed by atoms with Gasteiger partial charge in [-0.15, -0.1) is 13.2 Å². The Balaban J connectivity index is 1.59. The summed E-state index contributed by atoms with van der Waals surface area (Å²) >= 11 is 0. The number of benzene rings is 2. The van der Waals surface area contributed by atoms with E-state index in [1.165, 1.54) is 12.1 Å². The maximum atomic E-state index is 13.2. The van der Waals surface area contributed by atoms with Gasteiger partial charge in [-0.1, -0.05) is 54.1 Å². The minimum atomic E-state index is -4.74. The second-order valence-electron chi connectivity index (χ2n) is 7.63. The van der Waals surface area contributed by atoms with E-state index in [1.54, 1.807) is 28.6 Å². The Hall–Kier alpha value is -2.32. The maximum Gasteiger partial charge on any atom is 0.573 e. The predicted octanol–water partition coefficient (Wildman–Crippen LogP) is 4.99. The maximum absolute atomic E-state index is 13.2. The Labute approximate surface area is 174 Å². The van der Waals surface area contributed by atoms with Gasteiger partial charge < -0.3 is 4.74 Å². The first-order chi connectivity index (χ1) is 14.2. The molecule has 2 aromatic rings. The first-order valence-corrected chi connectivity index (χ1v) is 11.4. The van der Waals surface area contributed by atoms with Crippen molar-refractivity contribution >= 4 is 10.0 Å². The minimum absolute atomic E-state index is 0.0668. The van der Waals surface area contributed by atoms with E-state index in [2.05, 4.69) is 10.8 Å². The lowest BCUT2D eigenvalue weighted by Gasteiger charge is -2.34. The lowest BCUT2D eigenvalue weighted by Crippen LogP contribution is -2.41. The second kappa shape index (κ2) is 8.07. The Bertz CT molecular complexity index is 1020. The van der Waals surface area contributed by atoms with Gasteiger partial charge in [0.1, 0.15) is 5.75 Å². The van der Waals surface area contributed by atoms with Crippen LogP contribution < -0.4 is 4.74 Å². The van der Waals surface area contributed by atoms with Crippen LogP contribution in [0.1, 0.15) is 36.3 Å². The van der Waals surface area contributed by atoms with E-state index in [4.69, 9.17) is 0 Å². The first-order valence-electron chi connectivity index (χ1n) is 9.81. The number of halogens is 3. The van der Waals surface area contributed by atoms with E-state index in [0.29, 0.717) is 13.0 Å². The van der Waals surface area contributed by atoms with E-state index in [-0.39, 0.29) is 23.5 Å². The van der Waals surface area contributed by atoms with Crippen LogP contribution in [-0.2, 0) is 15.8 Å². The average Bonchev–Trinajstić information content (AvgIpc) is 3.13. The number of hydrogen-bond donors (Lipinski definition) is 0. The van der Waals surface area contributed by atoms with Crippen molar-refractivity contribution in [2.75, 3.05) is 6.54 Å². The smallest absolute Gasteiger partial charge is 0.406 e. The Morgan fingerprint density at radius 1 is 1.03 bits per heavy atom. The summed E-state index contributed by atoms with van der Waals surface area (Å²) in [6.07, 6.45) is -0.379. The molecule has 1 heterocycles. The van der Waals surface area contributed by atoms with Gasteiger partial charge in [-0.05, 0) is 42.5 Å². The fourth-order valence-corrected chi connectivity index (χ4v) is 6.22. The van der Waals surface area contributed by atoms with Crippen molar-refractivity contribution in [3.63, 3.8) is 0 Å². The summed E-state index contributed by atoms with van der Waals surface area (Å²) in [7, 11) is -3.54. The van der Waals surface area contributed by atoms with Crippen molar-refractivity contribution in [1.29, 1.82) is 0 Å². The molecule has 0 amide bonds. The zero-order valence-electron chi connectivity index (χ0n) is 16.2. The summed E-state index contributed by atoms with van der Waals surface area (Å²) in [4.78, 5) is 0. The van der Waals surface area contributed by atoms with Gasteiger partial charge in [0.2, 0.25) is 10.0 Å². The van der Waals surface area contributed by atoms with E-state index in [0.717, 1.165) is 29.5 Å². The van der Waals surface area contributed by atoms with Crippen LogP contribution in [-0.4, -0.2) is 31.7 Å². The van der Waals surface area contributed by atoms with Crippen LogP contribution in [0.3, 0.4) is 0 Å². The number of ether oxygens (including phenoxy) is 1. The third kappa shape index (κ3) is 4.54. The number of sulfonamides is 1. The zero-order chi connectivity index (χ0) is 21.4. The zero-order valence-corrected chi connectivity index (χ0v) is 17.0. The third-order valence-electron chi connectivity index (χ3n) is 5.67. The summed E-state index contributed by atoms with van der Waals surface area (Å²) in [6.45, 7) is 0.428. The monoisotopic (exact) mass is 437 g/mol. The van der Waals surface area contributed by atoms with Crippen LogP contribution in [0, 0.1) is 0 Å². The molecule has 1 fully saturated rings. The molecule has 1 aliphatic carbocycles. The molecule has 160 valence electrons. The lowest BCUT2D eigenvalue weighted by atomic mass is 9.80. The van der Waals surface area contributed by atoms with Crippen molar-refractivity contribution in [2.24, 2.45) is 0 Å². The fraction of sp³-hybridized carbons (Fsp3) is 0.364. The van der Waals surface area contributed by atoms with Crippen LogP contribution in [0.2, 0.25) is 0 Å². The first kappa shape index (κ1) is 20.9. The summed E-state index contributed by atoms with van der Waals surface area (Å²) in [5.74, 6) is -0.446. The highest BCUT2D eigenvalue weighted by atomic mass is 32.2. The van der Waals surface area contributed by atoms with Crippen LogP contribution in [0.4, 0.5) is 13.2 Å². The van der Waals surface area contributed by atoms with E-state index >= 15 is 0 Å². The Morgan fingerprint density at radius 3 is 2.40 bits per heavy atom. The van der Waals surface area contributed by atoms with Gasteiger partial charge in [-0.25, -0.2) is 8.42 Å². The van der Waals surface area contributed by atoms with Crippen molar-refractivity contribution in [3.8, 4) is 5.75 Å². The van der Waals surface area contributed by atoms with E-state index < -0.39 is 16.4 Å². The SMILES string of the molecule is O=S(=O)(Cc1ccccc1)N1CCC2=CCC[C@@H](c3ccc(OC(F)(F)F)cc3)[C@@H]21. The number of nitrogens with zero attached hydrogens (tertiary/aromatic N) is 1. The Morgan fingerprint density at radius 2 is 1.73 bits per heavy atom. The second-order valence-corrected chi connectivity index (χ2v) is 9.55. The highest BCUT2D eigenvalue weighted by molar-refractivity contribution is 7.88. The summed E-state index contributed by atoms with van der Waals surface area (Å²) < 4.78 is 69.2. The number of allylic oxidation sites excluding steroid dienone is 1. The van der Waals surface area contributed by atoms with E-state index in [1.807, 2.05) is 18.2 Å². The molecule has 1 saturated heterocycles. The minimum Gasteiger partial charge on any atom is -0.406 e. The molecule has 8 heteroatoms. The Kier molecular flexibility index (Phi) is 5.63. The van der Waals surface area contributed by atoms with Gasteiger partial charge in [0, 0.05) is 12.5 Å². The molecule has 2 atom stereocenters. The average molecular weight is 437 g/mol. The fourth-order valence-electron chi connectivity index (χ4n) is 4.44. The molecule has 0 N–H and O–H groups in total.